The molecule has 0 aliphatic rings. The molecule has 0 saturated heterocycles. The van der Waals surface area contributed by atoms with Crippen LogP contribution >= 0.6 is 11.8 Å². The fourth-order valence-electron chi connectivity index (χ4n) is 2.37. The molecule has 2 aromatic carbocycles. The molecular formula is C19H20N2OS. The van der Waals surface area contributed by atoms with Gasteiger partial charge in [0.2, 0.25) is 11.8 Å². The van der Waals surface area contributed by atoms with Crippen LogP contribution in [0, 0.1) is 20.8 Å². The molecule has 0 aliphatic heterocycles. The summed E-state index contributed by atoms with van der Waals surface area (Å²) in [6.07, 6.45) is 0. The standard InChI is InChI=1S/C19H20N2OS/c1-12-6-5-7-16(10-12)19-21-20-18(22-19)15(4)23-17-11-13(2)8-9-14(17)3/h5-11,15H,1-4H3. The van der Waals surface area contributed by atoms with E-state index in [0.717, 1.165) is 5.56 Å². The van der Waals surface area contributed by atoms with Crippen LogP contribution < -0.4 is 0 Å². The molecule has 118 valence electrons. The van der Waals surface area contributed by atoms with Crippen molar-refractivity contribution in [1.82, 2.24) is 10.2 Å². The lowest BCUT2D eigenvalue weighted by molar-refractivity contribution is 0.509. The number of thioether (sulfide) groups is 1. The molecule has 0 fully saturated rings. The Morgan fingerprint density at radius 3 is 2.52 bits per heavy atom. The maximum absolute atomic E-state index is 5.89. The van der Waals surface area contributed by atoms with Crippen LogP contribution in [0.15, 0.2) is 51.8 Å². The molecule has 23 heavy (non-hydrogen) atoms. The molecule has 0 aliphatic carbocycles. The summed E-state index contributed by atoms with van der Waals surface area (Å²) in [5.41, 5.74) is 4.68. The van der Waals surface area contributed by atoms with E-state index in [-0.39, 0.29) is 5.25 Å². The Balaban J connectivity index is 1.81. The van der Waals surface area contributed by atoms with Gasteiger partial charge in [0.1, 0.15) is 0 Å². The number of hydrogen-bond donors (Lipinski definition) is 0. The predicted molar refractivity (Wildman–Crippen MR) is 94.7 cm³/mol. The number of aryl methyl sites for hydroxylation is 3. The fourth-order valence-corrected chi connectivity index (χ4v) is 3.45. The van der Waals surface area contributed by atoms with Crippen LogP contribution in [-0.4, -0.2) is 10.2 Å². The third-order valence-corrected chi connectivity index (χ3v) is 4.95. The minimum Gasteiger partial charge on any atom is -0.419 e. The zero-order valence-electron chi connectivity index (χ0n) is 13.8. The van der Waals surface area contributed by atoms with E-state index < -0.39 is 0 Å². The molecule has 0 saturated carbocycles. The molecule has 0 amide bonds. The molecule has 1 heterocycles. The first-order chi connectivity index (χ1) is 11.0. The van der Waals surface area contributed by atoms with Gasteiger partial charge in [0, 0.05) is 10.5 Å². The second-order valence-electron chi connectivity index (χ2n) is 5.84. The number of aromatic nitrogens is 2. The minimum atomic E-state index is 0.113. The third kappa shape index (κ3) is 3.64. The van der Waals surface area contributed by atoms with Crippen molar-refractivity contribution in [2.75, 3.05) is 0 Å². The highest BCUT2D eigenvalue weighted by atomic mass is 32.2. The van der Waals surface area contributed by atoms with E-state index in [1.807, 2.05) is 12.1 Å². The summed E-state index contributed by atoms with van der Waals surface area (Å²) in [4.78, 5) is 1.26. The van der Waals surface area contributed by atoms with Crippen LogP contribution in [0.2, 0.25) is 0 Å². The van der Waals surface area contributed by atoms with Gasteiger partial charge in [-0.25, -0.2) is 0 Å². The summed E-state index contributed by atoms with van der Waals surface area (Å²) in [7, 11) is 0. The van der Waals surface area contributed by atoms with E-state index in [1.54, 1.807) is 11.8 Å². The van der Waals surface area contributed by atoms with Crippen molar-refractivity contribution >= 4 is 11.8 Å². The summed E-state index contributed by atoms with van der Waals surface area (Å²) >= 11 is 1.75. The quantitative estimate of drug-likeness (QED) is 0.593. The second-order valence-corrected chi connectivity index (χ2v) is 7.23. The summed E-state index contributed by atoms with van der Waals surface area (Å²) < 4.78 is 5.89. The van der Waals surface area contributed by atoms with Crippen LogP contribution in [0.25, 0.3) is 11.5 Å². The predicted octanol–water partition coefficient (Wildman–Crippen LogP) is 5.52. The number of benzene rings is 2. The smallest absolute Gasteiger partial charge is 0.247 e. The maximum Gasteiger partial charge on any atom is 0.247 e. The van der Waals surface area contributed by atoms with Crippen molar-refractivity contribution in [2.45, 2.75) is 37.8 Å². The summed E-state index contributed by atoms with van der Waals surface area (Å²) in [5, 5.41) is 8.55. The van der Waals surface area contributed by atoms with Crippen LogP contribution in [0.3, 0.4) is 0 Å². The molecule has 0 N–H and O–H groups in total. The Labute approximate surface area is 141 Å². The van der Waals surface area contributed by atoms with Crippen molar-refractivity contribution in [3.8, 4) is 11.5 Å². The van der Waals surface area contributed by atoms with Crippen LogP contribution in [0.4, 0.5) is 0 Å². The highest BCUT2D eigenvalue weighted by Crippen LogP contribution is 2.37. The molecule has 3 aromatic rings. The van der Waals surface area contributed by atoms with Gasteiger partial charge in [-0.05, 0) is 51.5 Å². The van der Waals surface area contributed by atoms with Crippen molar-refractivity contribution in [3.05, 3.63) is 65.0 Å². The number of rotatable bonds is 4. The van der Waals surface area contributed by atoms with E-state index in [0.29, 0.717) is 11.8 Å². The van der Waals surface area contributed by atoms with E-state index >= 15 is 0 Å². The first kappa shape index (κ1) is 15.8. The summed E-state index contributed by atoms with van der Waals surface area (Å²) in [5.74, 6) is 1.24. The molecule has 0 bridgehead atoms. The van der Waals surface area contributed by atoms with Crippen molar-refractivity contribution in [2.24, 2.45) is 0 Å². The second kappa shape index (κ2) is 6.59. The molecule has 4 heteroatoms. The van der Waals surface area contributed by atoms with Gasteiger partial charge in [-0.15, -0.1) is 22.0 Å². The van der Waals surface area contributed by atoms with Gasteiger partial charge in [-0.3, -0.25) is 0 Å². The van der Waals surface area contributed by atoms with Gasteiger partial charge in [-0.2, -0.15) is 0 Å². The Morgan fingerprint density at radius 2 is 1.74 bits per heavy atom. The molecule has 3 rings (SSSR count). The number of nitrogens with zero attached hydrogens (tertiary/aromatic N) is 2. The zero-order valence-corrected chi connectivity index (χ0v) is 14.6. The fraction of sp³-hybridized carbons (Fsp3) is 0.263. The van der Waals surface area contributed by atoms with Crippen LogP contribution in [-0.2, 0) is 0 Å². The van der Waals surface area contributed by atoms with Crippen molar-refractivity contribution in [1.29, 1.82) is 0 Å². The van der Waals surface area contributed by atoms with E-state index in [4.69, 9.17) is 4.42 Å². The van der Waals surface area contributed by atoms with Gasteiger partial charge in [0.05, 0.1) is 5.25 Å². The molecule has 1 aromatic heterocycles. The van der Waals surface area contributed by atoms with Gasteiger partial charge in [0.25, 0.3) is 0 Å². The van der Waals surface area contributed by atoms with Gasteiger partial charge < -0.3 is 4.42 Å². The number of hydrogen-bond acceptors (Lipinski definition) is 4. The van der Waals surface area contributed by atoms with Crippen LogP contribution in [0.5, 0.6) is 0 Å². The van der Waals surface area contributed by atoms with Crippen molar-refractivity contribution in [3.63, 3.8) is 0 Å². The average Bonchev–Trinajstić information content (AvgIpc) is 3.01. The normalized spacial score (nSPS) is 12.3. The van der Waals surface area contributed by atoms with E-state index in [1.165, 1.54) is 21.6 Å². The SMILES string of the molecule is Cc1cccc(-c2nnc(C(C)Sc3cc(C)ccc3C)o2)c1. The largest absolute Gasteiger partial charge is 0.419 e. The van der Waals surface area contributed by atoms with E-state index in [2.05, 4.69) is 68.2 Å². The van der Waals surface area contributed by atoms with Crippen molar-refractivity contribution < 1.29 is 4.42 Å². The summed E-state index contributed by atoms with van der Waals surface area (Å²) in [6.45, 7) is 8.39. The Bertz CT molecular complexity index is 826. The lowest BCUT2D eigenvalue weighted by atomic mass is 10.1. The maximum atomic E-state index is 5.89. The Kier molecular flexibility index (Phi) is 4.53. The summed E-state index contributed by atoms with van der Waals surface area (Å²) in [6, 6.07) is 14.6. The monoisotopic (exact) mass is 324 g/mol. The van der Waals surface area contributed by atoms with Gasteiger partial charge in [0.15, 0.2) is 0 Å². The lowest BCUT2D eigenvalue weighted by Gasteiger charge is -2.10. The minimum absolute atomic E-state index is 0.113. The van der Waals surface area contributed by atoms with E-state index in [9.17, 15) is 0 Å². The van der Waals surface area contributed by atoms with Gasteiger partial charge >= 0.3 is 0 Å². The third-order valence-electron chi connectivity index (χ3n) is 3.70. The Morgan fingerprint density at radius 1 is 0.957 bits per heavy atom. The molecular weight excluding hydrogens is 304 g/mol. The zero-order chi connectivity index (χ0) is 16.4. The molecule has 1 unspecified atom stereocenters. The first-order valence-corrected chi connectivity index (χ1v) is 8.55. The molecule has 0 radical (unpaired) electrons. The average molecular weight is 324 g/mol. The lowest BCUT2D eigenvalue weighted by Crippen LogP contribution is -1.90. The first-order valence-electron chi connectivity index (χ1n) is 7.67. The molecule has 3 nitrogen and oxygen atoms in total. The van der Waals surface area contributed by atoms with Gasteiger partial charge in [-0.1, -0.05) is 35.4 Å². The molecule has 0 spiro atoms. The topological polar surface area (TPSA) is 38.9 Å². The highest BCUT2D eigenvalue weighted by molar-refractivity contribution is 7.99. The van der Waals surface area contributed by atoms with Crippen LogP contribution in [0.1, 0.15) is 34.8 Å². The molecule has 1 atom stereocenters. The Hall–Kier alpha value is -2.07. The highest BCUT2D eigenvalue weighted by Gasteiger charge is 2.17.